The van der Waals surface area contributed by atoms with Crippen molar-refractivity contribution in [3.63, 3.8) is 0 Å². The average molecular weight is 340 g/mol. The summed E-state index contributed by atoms with van der Waals surface area (Å²) in [4.78, 5) is 19.2. The summed E-state index contributed by atoms with van der Waals surface area (Å²) in [5, 5.41) is 3.25. The van der Waals surface area contributed by atoms with Crippen molar-refractivity contribution in [1.82, 2.24) is 9.55 Å². The van der Waals surface area contributed by atoms with E-state index in [0.717, 1.165) is 13.1 Å². The summed E-state index contributed by atoms with van der Waals surface area (Å²) < 4.78 is 1.73. The van der Waals surface area contributed by atoms with Gasteiger partial charge in [-0.3, -0.25) is 4.79 Å². The van der Waals surface area contributed by atoms with E-state index in [-0.39, 0.29) is 5.56 Å². The Morgan fingerprint density at radius 1 is 1.16 bits per heavy atom. The van der Waals surface area contributed by atoms with Gasteiger partial charge in [-0.15, -0.1) is 0 Å². The summed E-state index contributed by atoms with van der Waals surface area (Å²) in [6.07, 6.45) is 7.28. The van der Waals surface area contributed by atoms with E-state index in [1.54, 1.807) is 17.0 Å². The Hall–Kier alpha value is -2.30. The molecule has 1 aliphatic rings. The van der Waals surface area contributed by atoms with Crippen LogP contribution in [0.5, 0.6) is 0 Å². The Kier molecular flexibility index (Phi) is 5.74. The number of nitrogens with zero attached hydrogens (tertiary/aromatic N) is 3. The zero-order chi connectivity index (χ0) is 17.6. The second-order valence-electron chi connectivity index (χ2n) is 7.16. The minimum Gasteiger partial charge on any atom is -0.371 e. The fraction of sp³-hybridized carbons (Fsp3) is 0.500. The van der Waals surface area contributed by atoms with Gasteiger partial charge < -0.3 is 14.8 Å². The largest absolute Gasteiger partial charge is 0.371 e. The van der Waals surface area contributed by atoms with Gasteiger partial charge in [0.15, 0.2) is 5.82 Å². The molecule has 1 aliphatic heterocycles. The van der Waals surface area contributed by atoms with E-state index in [1.807, 2.05) is 0 Å². The van der Waals surface area contributed by atoms with Crippen molar-refractivity contribution in [1.29, 1.82) is 0 Å². The Morgan fingerprint density at radius 2 is 1.92 bits per heavy atom. The number of aromatic nitrogens is 2. The molecule has 0 amide bonds. The minimum absolute atomic E-state index is 0.0494. The van der Waals surface area contributed by atoms with Crippen molar-refractivity contribution in [3.8, 4) is 0 Å². The van der Waals surface area contributed by atoms with Crippen LogP contribution in [-0.4, -0.2) is 22.6 Å². The van der Waals surface area contributed by atoms with Gasteiger partial charge in [0.1, 0.15) is 0 Å². The van der Waals surface area contributed by atoms with Crippen molar-refractivity contribution in [2.75, 3.05) is 23.3 Å². The number of hydrogen-bond donors (Lipinski definition) is 1. The van der Waals surface area contributed by atoms with E-state index in [9.17, 15) is 4.79 Å². The molecule has 0 radical (unpaired) electrons. The molecule has 2 heterocycles. The van der Waals surface area contributed by atoms with Gasteiger partial charge in [0.25, 0.3) is 5.56 Å². The maximum absolute atomic E-state index is 12.5. The lowest BCUT2D eigenvalue weighted by atomic mass is 10.1. The molecule has 0 aliphatic carbocycles. The van der Waals surface area contributed by atoms with Crippen LogP contribution in [0.25, 0.3) is 0 Å². The molecule has 5 heteroatoms. The lowest BCUT2D eigenvalue weighted by Gasteiger charge is -2.30. The predicted octanol–water partition coefficient (Wildman–Crippen LogP) is 3.50. The van der Waals surface area contributed by atoms with Crippen LogP contribution in [0.2, 0.25) is 0 Å². The molecule has 5 nitrogen and oxygen atoms in total. The number of para-hydroxylation sites is 1. The van der Waals surface area contributed by atoms with Crippen molar-refractivity contribution < 1.29 is 0 Å². The second kappa shape index (κ2) is 8.19. The molecule has 1 fully saturated rings. The molecule has 1 saturated heterocycles. The van der Waals surface area contributed by atoms with Gasteiger partial charge in [-0.05, 0) is 36.8 Å². The number of piperidine rings is 1. The summed E-state index contributed by atoms with van der Waals surface area (Å²) in [5.74, 6) is 0.851. The Bertz CT molecular complexity index is 747. The van der Waals surface area contributed by atoms with Crippen molar-refractivity contribution >= 4 is 11.5 Å². The molecule has 0 saturated carbocycles. The highest BCUT2D eigenvalue weighted by atomic mass is 16.1. The SMILES string of the molecule is CC(C)Cn1ccnc(NCc2ccccc2N2CCCCC2)c1=O. The first-order valence-electron chi connectivity index (χ1n) is 9.27. The Balaban J connectivity index is 1.75. The van der Waals surface area contributed by atoms with Gasteiger partial charge >= 0.3 is 0 Å². The summed E-state index contributed by atoms with van der Waals surface area (Å²) in [6.45, 7) is 7.76. The first-order chi connectivity index (χ1) is 12.1. The van der Waals surface area contributed by atoms with Crippen LogP contribution in [0.3, 0.4) is 0 Å². The lowest BCUT2D eigenvalue weighted by molar-refractivity contribution is 0.509. The third-order valence-corrected chi connectivity index (χ3v) is 4.61. The van der Waals surface area contributed by atoms with E-state index in [1.165, 1.54) is 30.5 Å². The maximum atomic E-state index is 12.5. The van der Waals surface area contributed by atoms with Crippen LogP contribution < -0.4 is 15.8 Å². The van der Waals surface area contributed by atoms with E-state index < -0.39 is 0 Å². The van der Waals surface area contributed by atoms with Crippen LogP contribution >= 0.6 is 0 Å². The van der Waals surface area contributed by atoms with Crippen molar-refractivity contribution in [3.05, 3.63) is 52.6 Å². The smallest absolute Gasteiger partial charge is 0.293 e. The van der Waals surface area contributed by atoms with Crippen LogP contribution in [0.1, 0.15) is 38.7 Å². The summed E-state index contributed by atoms with van der Waals surface area (Å²) in [7, 11) is 0. The fourth-order valence-electron chi connectivity index (χ4n) is 3.39. The molecule has 3 rings (SSSR count). The molecule has 1 aromatic heterocycles. The molecule has 0 spiro atoms. The molecular formula is C20H28N4O. The van der Waals surface area contributed by atoms with Gasteiger partial charge in [-0.1, -0.05) is 32.0 Å². The lowest BCUT2D eigenvalue weighted by Crippen LogP contribution is -2.30. The van der Waals surface area contributed by atoms with Crippen LogP contribution in [0.4, 0.5) is 11.5 Å². The van der Waals surface area contributed by atoms with Crippen molar-refractivity contribution in [2.24, 2.45) is 5.92 Å². The number of anilines is 2. The normalized spacial score (nSPS) is 14.8. The molecule has 25 heavy (non-hydrogen) atoms. The molecule has 2 aromatic rings. The highest BCUT2D eigenvalue weighted by Gasteiger charge is 2.14. The monoisotopic (exact) mass is 340 g/mol. The fourth-order valence-corrected chi connectivity index (χ4v) is 3.39. The third kappa shape index (κ3) is 4.41. The molecule has 134 valence electrons. The molecule has 1 aromatic carbocycles. The number of nitrogens with one attached hydrogen (secondary N) is 1. The zero-order valence-corrected chi connectivity index (χ0v) is 15.2. The average Bonchev–Trinajstić information content (AvgIpc) is 2.63. The van der Waals surface area contributed by atoms with Crippen LogP contribution in [0.15, 0.2) is 41.5 Å². The second-order valence-corrected chi connectivity index (χ2v) is 7.16. The topological polar surface area (TPSA) is 50.2 Å². The highest BCUT2D eigenvalue weighted by Crippen LogP contribution is 2.24. The Labute approximate surface area is 149 Å². The number of hydrogen-bond acceptors (Lipinski definition) is 4. The van der Waals surface area contributed by atoms with E-state index in [2.05, 4.69) is 53.3 Å². The van der Waals surface area contributed by atoms with E-state index >= 15 is 0 Å². The minimum atomic E-state index is -0.0494. The zero-order valence-electron chi connectivity index (χ0n) is 15.2. The number of rotatable bonds is 6. The molecule has 0 bridgehead atoms. The standard InChI is InChI=1S/C20H28N4O/c1-16(2)15-24-13-10-21-19(20(24)25)22-14-17-8-4-5-9-18(17)23-11-6-3-7-12-23/h4-5,8-10,13,16H,3,6-7,11-12,14-15H2,1-2H3,(H,21,22). The van der Waals surface area contributed by atoms with E-state index in [4.69, 9.17) is 0 Å². The van der Waals surface area contributed by atoms with E-state index in [0.29, 0.717) is 24.8 Å². The molecular weight excluding hydrogens is 312 g/mol. The summed E-state index contributed by atoms with van der Waals surface area (Å²) in [5.41, 5.74) is 2.43. The van der Waals surface area contributed by atoms with Gasteiger partial charge in [-0.2, -0.15) is 0 Å². The van der Waals surface area contributed by atoms with Crippen molar-refractivity contribution in [2.45, 2.75) is 46.2 Å². The third-order valence-electron chi connectivity index (χ3n) is 4.61. The quantitative estimate of drug-likeness (QED) is 0.874. The molecule has 0 atom stereocenters. The van der Waals surface area contributed by atoms with Gasteiger partial charge in [0.2, 0.25) is 0 Å². The first kappa shape index (κ1) is 17.5. The predicted molar refractivity (Wildman–Crippen MR) is 103 cm³/mol. The van der Waals surface area contributed by atoms with Crippen LogP contribution in [0, 0.1) is 5.92 Å². The highest BCUT2D eigenvalue weighted by molar-refractivity contribution is 5.55. The summed E-state index contributed by atoms with van der Waals surface area (Å²) in [6, 6.07) is 8.45. The van der Waals surface area contributed by atoms with Gasteiger partial charge in [-0.25, -0.2) is 4.98 Å². The van der Waals surface area contributed by atoms with Gasteiger partial charge in [0.05, 0.1) is 0 Å². The Morgan fingerprint density at radius 3 is 2.68 bits per heavy atom. The molecule has 1 N–H and O–H groups in total. The summed E-state index contributed by atoms with van der Waals surface area (Å²) >= 11 is 0. The first-order valence-corrected chi connectivity index (χ1v) is 9.27. The number of benzene rings is 1. The molecule has 0 unspecified atom stereocenters. The van der Waals surface area contributed by atoms with Crippen LogP contribution in [-0.2, 0) is 13.1 Å². The maximum Gasteiger partial charge on any atom is 0.293 e. The van der Waals surface area contributed by atoms with Gasteiger partial charge in [0, 0.05) is 44.3 Å².